The Morgan fingerprint density at radius 2 is 2.25 bits per heavy atom. The summed E-state index contributed by atoms with van der Waals surface area (Å²) in [4.78, 5) is 3.97. The summed E-state index contributed by atoms with van der Waals surface area (Å²) in [5, 5.41) is 6.43. The second-order valence-corrected chi connectivity index (χ2v) is 2.99. The maximum Gasteiger partial charge on any atom is 0.239 e. The average Bonchev–Trinajstić information content (AvgIpc) is 2.49. The number of H-pyrrole nitrogens is 1. The van der Waals surface area contributed by atoms with Crippen molar-refractivity contribution in [3.8, 4) is 0 Å². The lowest BCUT2D eigenvalue weighted by Gasteiger charge is -2.14. The molecule has 1 rings (SSSR count). The van der Waals surface area contributed by atoms with Crippen molar-refractivity contribution in [2.45, 2.75) is 26.3 Å². The molecule has 0 aliphatic carbocycles. The van der Waals surface area contributed by atoms with Gasteiger partial charge in [-0.2, -0.15) is 4.98 Å². The second-order valence-electron chi connectivity index (χ2n) is 2.99. The molecule has 0 aromatic carbocycles. The highest BCUT2D eigenvalue weighted by molar-refractivity contribution is 5.14. The highest BCUT2D eigenvalue weighted by atomic mass is 15.3. The minimum Gasteiger partial charge on any atom is -0.367 e. The minimum absolute atomic E-state index is 0.0974. The zero-order chi connectivity index (χ0) is 9.14. The Bertz CT molecular complexity index is 244. The fourth-order valence-corrected chi connectivity index (χ4v) is 0.960. The van der Waals surface area contributed by atoms with Crippen LogP contribution in [0.25, 0.3) is 0 Å². The van der Waals surface area contributed by atoms with Crippen molar-refractivity contribution in [1.29, 1.82) is 0 Å². The standard InChI is InChI=1S/C7H15N5/c1-3-4(2)5(8)6-10-7(9)12-11-6/h4-5H,3,8H2,1-2H3,(H3,9,10,11,12). The van der Waals surface area contributed by atoms with E-state index < -0.39 is 0 Å². The Morgan fingerprint density at radius 3 is 2.67 bits per heavy atom. The van der Waals surface area contributed by atoms with Crippen molar-refractivity contribution >= 4 is 5.95 Å². The maximum absolute atomic E-state index is 5.87. The van der Waals surface area contributed by atoms with Gasteiger partial charge in [0.05, 0.1) is 6.04 Å². The molecule has 1 aromatic rings. The fraction of sp³-hybridized carbons (Fsp3) is 0.714. The van der Waals surface area contributed by atoms with Crippen molar-refractivity contribution in [3.63, 3.8) is 0 Å². The van der Waals surface area contributed by atoms with Gasteiger partial charge in [-0.05, 0) is 5.92 Å². The number of aromatic amines is 1. The third kappa shape index (κ3) is 1.73. The van der Waals surface area contributed by atoms with E-state index in [0.29, 0.717) is 11.7 Å². The van der Waals surface area contributed by atoms with E-state index >= 15 is 0 Å². The van der Waals surface area contributed by atoms with E-state index in [0.717, 1.165) is 6.42 Å². The summed E-state index contributed by atoms with van der Waals surface area (Å²) in [6, 6.07) is -0.0974. The Morgan fingerprint density at radius 1 is 1.58 bits per heavy atom. The fourth-order valence-electron chi connectivity index (χ4n) is 0.960. The van der Waals surface area contributed by atoms with E-state index in [1.807, 2.05) is 0 Å². The Labute approximate surface area is 71.6 Å². The van der Waals surface area contributed by atoms with Crippen LogP contribution in [0.4, 0.5) is 5.95 Å². The highest BCUT2D eigenvalue weighted by Crippen LogP contribution is 2.18. The van der Waals surface area contributed by atoms with Crippen molar-refractivity contribution in [2.75, 3.05) is 5.73 Å². The summed E-state index contributed by atoms with van der Waals surface area (Å²) in [7, 11) is 0. The summed E-state index contributed by atoms with van der Waals surface area (Å²) < 4.78 is 0. The Balaban J connectivity index is 2.70. The molecule has 0 fully saturated rings. The van der Waals surface area contributed by atoms with Crippen LogP contribution in [0.2, 0.25) is 0 Å². The second kappa shape index (κ2) is 3.53. The van der Waals surface area contributed by atoms with Crippen molar-refractivity contribution in [3.05, 3.63) is 5.82 Å². The molecule has 0 aliphatic rings. The van der Waals surface area contributed by atoms with E-state index in [1.54, 1.807) is 0 Å². The first kappa shape index (κ1) is 8.99. The van der Waals surface area contributed by atoms with Crippen molar-refractivity contribution in [1.82, 2.24) is 15.2 Å². The molecule has 5 N–H and O–H groups in total. The molecule has 0 spiro atoms. The van der Waals surface area contributed by atoms with Gasteiger partial charge in [0.25, 0.3) is 0 Å². The SMILES string of the molecule is CCC(C)C(N)c1nc(N)n[nH]1. The monoisotopic (exact) mass is 169 g/mol. The molecule has 2 unspecified atom stereocenters. The van der Waals surface area contributed by atoms with Gasteiger partial charge in [-0.3, -0.25) is 5.10 Å². The van der Waals surface area contributed by atoms with Gasteiger partial charge in [0.2, 0.25) is 5.95 Å². The summed E-state index contributed by atoms with van der Waals surface area (Å²) in [5.41, 5.74) is 11.2. The summed E-state index contributed by atoms with van der Waals surface area (Å²) >= 11 is 0. The molecule has 0 bridgehead atoms. The van der Waals surface area contributed by atoms with E-state index in [2.05, 4.69) is 29.0 Å². The van der Waals surface area contributed by atoms with Crippen molar-refractivity contribution in [2.24, 2.45) is 11.7 Å². The molecule has 12 heavy (non-hydrogen) atoms. The largest absolute Gasteiger partial charge is 0.367 e. The molecule has 0 radical (unpaired) electrons. The predicted molar refractivity (Wildman–Crippen MR) is 47.2 cm³/mol. The first-order valence-electron chi connectivity index (χ1n) is 4.08. The number of aromatic nitrogens is 3. The lowest BCUT2D eigenvalue weighted by Crippen LogP contribution is -2.19. The van der Waals surface area contributed by atoms with E-state index in [-0.39, 0.29) is 12.0 Å². The molecule has 0 saturated carbocycles. The van der Waals surface area contributed by atoms with Crippen LogP contribution < -0.4 is 11.5 Å². The van der Waals surface area contributed by atoms with Crippen LogP contribution in [0.1, 0.15) is 32.1 Å². The van der Waals surface area contributed by atoms with Crippen LogP contribution in [0.5, 0.6) is 0 Å². The van der Waals surface area contributed by atoms with Crippen LogP contribution in [-0.4, -0.2) is 15.2 Å². The number of nitrogen functional groups attached to an aromatic ring is 1. The van der Waals surface area contributed by atoms with Gasteiger partial charge < -0.3 is 11.5 Å². The molecule has 1 aromatic heterocycles. The number of hydrogen-bond donors (Lipinski definition) is 3. The number of hydrogen-bond acceptors (Lipinski definition) is 4. The number of rotatable bonds is 3. The van der Waals surface area contributed by atoms with Gasteiger partial charge in [0, 0.05) is 0 Å². The maximum atomic E-state index is 5.87. The zero-order valence-corrected chi connectivity index (χ0v) is 7.41. The Hall–Kier alpha value is -1.10. The quantitative estimate of drug-likeness (QED) is 0.611. The predicted octanol–water partition coefficient (Wildman–Crippen LogP) is 0.433. The molecule has 5 nitrogen and oxygen atoms in total. The van der Waals surface area contributed by atoms with Crippen LogP contribution in [0, 0.1) is 5.92 Å². The summed E-state index contributed by atoms with van der Waals surface area (Å²) in [5.74, 6) is 1.31. The molecule has 0 aliphatic heterocycles. The van der Waals surface area contributed by atoms with Gasteiger partial charge in [-0.1, -0.05) is 20.3 Å². The lowest BCUT2D eigenvalue weighted by molar-refractivity contribution is 0.440. The average molecular weight is 169 g/mol. The van der Waals surface area contributed by atoms with E-state index in [1.165, 1.54) is 0 Å². The minimum atomic E-state index is -0.0974. The third-order valence-corrected chi connectivity index (χ3v) is 2.09. The van der Waals surface area contributed by atoms with Gasteiger partial charge in [-0.25, -0.2) is 0 Å². The number of anilines is 1. The van der Waals surface area contributed by atoms with Crippen molar-refractivity contribution < 1.29 is 0 Å². The van der Waals surface area contributed by atoms with Gasteiger partial charge in [-0.15, -0.1) is 5.10 Å². The Kier molecular flexibility index (Phi) is 2.65. The van der Waals surface area contributed by atoms with E-state index in [9.17, 15) is 0 Å². The summed E-state index contributed by atoms with van der Waals surface area (Å²) in [6.45, 7) is 4.16. The third-order valence-electron chi connectivity index (χ3n) is 2.09. The lowest BCUT2D eigenvalue weighted by atomic mass is 10.00. The smallest absolute Gasteiger partial charge is 0.239 e. The van der Waals surface area contributed by atoms with Crippen LogP contribution >= 0.6 is 0 Å². The van der Waals surface area contributed by atoms with E-state index in [4.69, 9.17) is 11.5 Å². The zero-order valence-electron chi connectivity index (χ0n) is 7.41. The molecule has 2 atom stereocenters. The number of nitrogens with one attached hydrogen (secondary N) is 1. The normalized spacial score (nSPS) is 15.9. The topological polar surface area (TPSA) is 93.6 Å². The molecule has 68 valence electrons. The molecule has 1 heterocycles. The number of nitrogens with two attached hydrogens (primary N) is 2. The van der Waals surface area contributed by atoms with Crippen LogP contribution in [-0.2, 0) is 0 Å². The number of nitrogens with zero attached hydrogens (tertiary/aromatic N) is 2. The molecule has 0 amide bonds. The van der Waals surface area contributed by atoms with Gasteiger partial charge in [0.1, 0.15) is 5.82 Å². The van der Waals surface area contributed by atoms with Crippen LogP contribution in [0.15, 0.2) is 0 Å². The van der Waals surface area contributed by atoms with Crippen LogP contribution in [0.3, 0.4) is 0 Å². The van der Waals surface area contributed by atoms with Gasteiger partial charge >= 0.3 is 0 Å². The first-order chi connectivity index (χ1) is 5.65. The summed E-state index contributed by atoms with van der Waals surface area (Å²) in [6.07, 6.45) is 1.02. The molecule has 5 heteroatoms. The first-order valence-corrected chi connectivity index (χ1v) is 4.08. The molecular formula is C7H15N5. The molecule has 0 saturated heterocycles. The van der Waals surface area contributed by atoms with Gasteiger partial charge in [0.15, 0.2) is 0 Å². The highest BCUT2D eigenvalue weighted by Gasteiger charge is 2.16. The molecular weight excluding hydrogens is 154 g/mol.